The van der Waals surface area contributed by atoms with Crippen LogP contribution in [0.4, 0.5) is 8.78 Å². The van der Waals surface area contributed by atoms with Crippen LogP contribution < -0.4 is 0 Å². The number of hydrogen-bond donors (Lipinski definition) is 3. The number of allylic oxidation sites excluding steroid dienone is 2. The number of ether oxygens (including phenoxy) is 1. The average molecular weight is 388 g/mol. The molecule has 2 aliphatic rings. The average Bonchev–Trinajstić information content (AvgIpc) is 3.09. The van der Waals surface area contributed by atoms with Crippen LogP contribution in [0.2, 0.25) is 0 Å². The minimum absolute atomic E-state index is 0.0206. The largest absolute Gasteiger partial charge is 0.488 e. The number of unbranched alkanes of at least 4 members (excludes halogenated alkanes) is 3. The van der Waals surface area contributed by atoms with Gasteiger partial charge in [-0.15, -0.1) is 0 Å². The van der Waals surface area contributed by atoms with Crippen molar-refractivity contribution < 1.29 is 33.6 Å². The highest BCUT2D eigenvalue weighted by molar-refractivity contribution is 5.66. The maximum absolute atomic E-state index is 14.4. The van der Waals surface area contributed by atoms with Gasteiger partial charge in [0.15, 0.2) is 6.10 Å². The molecule has 27 heavy (non-hydrogen) atoms. The molecule has 3 N–H and O–H groups in total. The zero-order valence-corrected chi connectivity index (χ0v) is 15.7. The molecule has 0 amide bonds. The van der Waals surface area contributed by atoms with Gasteiger partial charge in [0.2, 0.25) is 0 Å². The van der Waals surface area contributed by atoms with Crippen molar-refractivity contribution in [2.24, 2.45) is 11.8 Å². The van der Waals surface area contributed by atoms with E-state index in [0.717, 1.165) is 19.3 Å². The summed E-state index contributed by atoms with van der Waals surface area (Å²) >= 11 is 0. The van der Waals surface area contributed by atoms with Crippen LogP contribution in [0, 0.1) is 11.8 Å². The lowest BCUT2D eigenvalue weighted by Crippen LogP contribution is -2.39. The van der Waals surface area contributed by atoms with Crippen LogP contribution >= 0.6 is 0 Å². The zero-order chi connectivity index (χ0) is 20.0. The van der Waals surface area contributed by atoms with Gasteiger partial charge in [-0.05, 0) is 25.3 Å². The van der Waals surface area contributed by atoms with Crippen LogP contribution in [-0.4, -0.2) is 45.5 Å². The molecule has 0 aromatic heterocycles. The van der Waals surface area contributed by atoms with Crippen LogP contribution in [-0.2, 0) is 9.53 Å². The van der Waals surface area contributed by atoms with Crippen molar-refractivity contribution in [1.29, 1.82) is 0 Å². The van der Waals surface area contributed by atoms with E-state index in [1.165, 1.54) is 12.2 Å². The Balaban J connectivity index is 1.98. The Kier molecular flexibility index (Phi) is 7.79. The monoisotopic (exact) mass is 388 g/mol. The summed E-state index contributed by atoms with van der Waals surface area (Å²) in [7, 11) is 0. The van der Waals surface area contributed by atoms with Crippen molar-refractivity contribution in [3.63, 3.8) is 0 Å². The molecule has 1 saturated carbocycles. The number of aliphatic carboxylic acids is 1. The molecule has 2 fully saturated rings. The van der Waals surface area contributed by atoms with Gasteiger partial charge in [0.1, 0.15) is 6.10 Å². The van der Waals surface area contributed by atoms with Crippen LogP contribution in [0.15, 0.2) is 24.0 Å². The van der Waals surface area contributed by atoms with Crippen LogP contribution in [0.1, 0.15) is 58.3 Å². The van der Waals surface area contributed by atoms with Crippen molar-refractivity contribution in [1.82, 2.24) is 0 Å². The molecule has 0 bridgehead atoms. The van der Waals surface area contributed by atoms with E-state index < -0.39 is 42.0 Å². The molecule has 5 atom stereocenters. The van der Waals surface area contributed by atoms with Gasteiger partial charge in [-0.1, -0.05) is 38.3 Å². The van der Waals surface area contributed by atoms with Gasteiger partial charge in [0.25, 0.3) is 0 Å². The van der Waals surface area contributed by atoms with Crippen LogP contribution in [0.3, 0.4) is 0 Å². The number of alkyl halides is 2. The molecular weight excluding hydrogens is 358 g/mol. The van der Waals surface area contributed by atoms with Gasteiger partial charge in [-0.25, -0.2) is 0 Å². The van der Waals surface area contributed by atoms with E-state index in [4.69, 9.17) is 9.84 Å². The second-order valence-electron chi connectivity index (χ2n) is 7.51. The molecule has 0 radical (unpaired) electrons. The third-order valence-electron chi connectivity index (χ3n) is 5.36. The number of carboxylic acid groups (broad SMARTS) is 1. The number of hydrogen-bond acceptors (Lipinski definition) is 4. The van der Waals surface area contributed by atoms with E-state index in [1.54, 1.807) is 6.08 Å². The Labute approximate surface area is 158 Å². The predicted octanol–water partition coefficient (Wildman–Crippen LogP) is 3.65. The maximum atomic E-state index is 14.4. The second kappa shape index (κ2) is 9.64. The SMILES string of the molecule is CCCCC[C@H](O)C=C[C@@H]1[C@H]2CC(=CCCCC(=O)O)O[C@@H]2C(F)(F)[C@H]1O. The summed E-state index contributed by atoms with van der Waals surface area (Å²) in [6, 6.07) is 0. The fraction of sp³-hybridized carbons (Fsp3) is 0.750. The fourth-order valence-electron chi connectivity index (χ4n) is 3.85. The first-order valence-corrected chi connectivity index (χ1v) is 9.77. The summed E-state index contributed by atoms with van der Waals surface area (Å²) in [5.41, 5.74) is 0. The first kappa shape index (κ1) is 21.8. The Morgan fingerprint density at radius 2 is 2.11 bits per heavy atom. The third-order valence-corrected chi connectivity index (χ3v) is 5.36. The van der Waals surface area contributed by atoms with Crippen molar-refractivity contribution >= 4 is 5.97 Å². The van der Waals surface area contributed by atoms with E-state index in [0.29, 0.717) is 25.0 Å². The lowest BCUT2D eigenvalue weighted by atomic mass is 9.90. The molecule has 1 saturated heterocycles. The van der Waals surface area contributed by atoms with E-state index >= 15 is 0 Å². The first-order valence-electron chi connectivity index (χ1n) is 9.77. The standard InChI is InChI=1S/C20H30F2O5/c1-2-3-4-7-13(23)10-11-15-16-12-14(8-5-6-9-17(24)25)27-19(16)20(21,22)18(15)26/h8,10-11,13,15-16,18-19,23,26H,2-7,9,12H2,1H3,(H,24,25)/t13-,15+,16+,18-,19-/m0/s1. The highest BCUT2D eigenvalue weighted by atomic mass is 19.3. The number of halogens is 2. The molecule has 0 spiro atoms. The van der Waals surface area contributed by atoms with E-state index in [-0.39, 0.29) is 12.8 Å². The Hall–Kier alpha value is -1.47. The molecule has 0 aromatic carbocycles. The Morgan fingerprint density at radius 1 is 1.37 bits per heavy atom. The topological polar surface area (TPSA) is 87.0 Å². The van der Waals surface area contributed by atoms with Gasteiger partial charge >= 0.3 is 11.9 Å². The van der Waals surface area contributed by atoms with Gasteiger partial charge in [0.05, 0.1) is 11.9 Å². The molecule has 154 valence electrons. The minimum atomic E-state index is -3.36. The fourth-order valence-corrected chi connectivity index (χ4v) is 3.85. The summed E-state index contributed by atoms with van der Waals surface area (Å²) in [5.74, 6) is -5.15. The number of rotatable bonds is 10. The molecule has 1 heterocycles. The highest BCUT2D eigenvalue weighted by Gasteiger charge is 2.65. The summed E-state index contributed by atoms with van der Waals surface area (Å²) < 4.78 is 34.2. The number of aliphatic hydroxyl groups is 2. The molecule has 2 rings (SSSR count). The summed E-state index contributed by atoms with van der Waals surface area (Å²) in [4.78, 5) is 10.5. The Morgan fingerprint density at radius 3 is 2.78 bits per heavy atom. The molecule has 7 heteroatoms. The van der Waals surface area contributed by atoms with E-state index in [2.05, 4.69) is 6.92 Å². The lowest BCUT2D eigenvalue weighted by molar-refractivity contribution is -0.149. The number of carboxylic acids is 1. The molecular formula is C20H30F2O5. The van der Waals surface area contributed by atoms with Crippen LogP contribution in [0.25, 0.3) is 0 Å². The van der Waals surface area contributed by atoms with E-state index in [1.807, 2.05) is 0 Å². The van der Waals surface area contributed by atoms with Gasteiger partial charge < -0.3 is 20.1 Å². The molecule has 0 aromatic rings. The highest BCUT2D eigenvalue weighted by Crippen LogP contribution is 2.53. The van der Waals surface area contributed by atoms with Crippen molar-refractivity contribution in [2.45, 2.75) is 82.5 Å². The number of carbonyl (C=O) groups is 1. The molecule has 5 nitrogen and oxygen atoms in total. The summed E-state index contributed by atoms with van der Waals surface area (Å²) in [5, 5.41) is 28.7. The maximum Gasteiger partial charge on any atom is 0.310 e. The minimum Gasteiger partial charge on any atom is -0.488 e. The zero-order valence-electron chi connectivity index (χ0n) is 15.7. The van der Waals surface area contributed by atoms with Crippen molar-refractivity contribution in [2.75, 3.05) is 0 Å². The van der Waals surface area contributed by atoms with Crippen LogP contribution in [0.5, 0.6) is 0 Å². The van der Waals surface area contributed by atoms with Crippen molar-refractivity contribution in [3.05, 3.63) is 24.0 Å². The summed E-state index contributed by atoms with van der Waals surface area (Å²) in [6.45, 7) is 2.06. The second-order valence-corrected chi connectivity index (χ2v) is 7.51. The molecule has 1 aliphatic carbocycles. The number of aliphatic hydroxyl groups excluding tert-OH is 2. The van der Waals surface area contributed by atoms with Gasteiger partial charge in [-0.2, -0.15) is 8.78 Å². The van der Waals surface area contributed by atoms with Crippen molar-refractivity contribution in [3.8, 4) is 0 Å². The predicted molar refractivity (Wildman–Crippen MR) is 96.3 cm³/mol. The lowest BCUT2D eigenvalue weighted by Gasteiger charge is -2.21. The molecule has 0 unspecified atom stereocenters. The normalized spacial score (nSPS) is 32.0. The van der Waals surface area contributed by atoms with Gasteiger partial charge in [-0.3, -0.25) is 4.79 Å². The third kappa shape index (κ3) is 5.51. The molecule has 1 aliphatic heterocycles. The summed E-state index contributed by atoms with van der Waals surface area (Å²) in [6.07, 6.45) is 5.42. The number of fused-ring (bicyclic) bond motifs is 1. The first-order chi connectivity index (χ1) is 12.8. The smallest absolute Gasteiger partial charge is 0.310 e. The van der Waals surface area contributed by atoms with E-state index in [9.17, 15) is 23.8 Å². The quantitative estimate of drug-likeness (QED) is 0.393. The van der Waals surface area contributed by atoms with Gasteiger partial charge in [0, 0.05) is 24.7 Å². The Bertz CT molecular complexity index is 561.